The Bertz CT molecular complexity index is 682. The zero-order chi connectivity index (χ0) is 15.5. The van der Waals surface area contributed by atoms with Crippen LogP contribution in [0.2, 0.25) is 0 Å². The molecule has 1 N–H and O–H groups in total. The highest BCUT2D eigenvalue weighted by Gasteiger charge is 2.35. The molecule has 0 amide bonds. The second-order valence-electron chi connectivity index (χ2n) is 5.33. The van der Waals surface area contributed by atoms with Crippen LogP contribution < -0.4 is 0 Å². The number of hydrogen-bond donors (Lipinski definition) is 1. The highest BCUT2D eigenvalue weighted by atomic mass is 19.1. The van der Waals surface area contributed by atoms with E-state index < -0.39 is 0 Å². The average Bonchev–Trinajstić information content (AvgIpc) is 3.18. The first kappa shape index (κ1) is 14.6. The summed E-state index contributed by atoms with van der Waals surface area (Å²) in [5.74, 6) is 0.438. The van der Waals surface area contributed by atoms with Gasteiger partial charge in [-0.25, -0.2) is 9.37 Å². The van der Waals surface area contributed by atoms with Crippen molar-refractivity contribution in [1.82, 2.24) is 20.1 Å². The van der Waals surface area contributed by atoms with Crippen LogP contribution in [0.1, 0.15) is 29.4 Å². The number of nitrogens with one attached hydrogen (secondary N) is 1. The molecule has 0 radical (unpaired) electrons. The molecule has 3 rings (SSSR count). The van der Waals surface area contributed by atoms with Gasteiger partial charge in [0, 0.05) is 25.8 Å². The Morgan fingerprint density at radius 3 is 3.09 bits per heavy atom. The van der Waals surface area contributed by atoms with Gasteiger partial charge in [-0.2, -0.15) is 10.4 Å². The molecule has 1 fully saturated rings. The largest absolute Gasteiger partial charge is 0.380 e. The van der Waals surface area contributed by atoms with Gasteiger partial charge in [0.05, 0.1) is 23.8 Å². The van der Waals surface area contributed by atoms with Crippen molar-refractivity contribution in [2.75, 3.05) is 13.7 Å². The van der Waals surface area contributed by atoms with Crippen LogP contribution in [0.25, 0.3) is 0 Å². The maximum Gasteiger partial charge on any atom is 0.141 e. The van der Waals surface area contributed by atoms with Gasteiger partial charge < -0.3 is 4.74 Å². The van der Waals surface area contributed by atoms with E-state index in [0.717, 1.165) is 12.2 Å². The van der Waals surface area contributed by atoms with E-state index >= 15 is 0 Å². The number of hydrogen-bond acceptors (Lipinski definition) is 5. The number of rotatable bonds is 4. The molecular weight excluding hydrogens is 285 g/mol. The molecule has 2 aromatic rings. The fourth-order valence-corrected chi connectivity index (χ4v) is 2.85. The van der Waals surface area contributed by atoms with E-state index in [1.54, 1.807) is 13.2 Å². The van der Waals surface area contributed by atoms with E-state index in [9.17, 15) is 4.39 Å². The van der Waals surface area contributed by atoms with Crippen molar-refractivity contribution in [3.05, 3.63) is 47.3 Å². The molecule has 1 aliphatic rings. The summed E-state index contributed by atoms with van der Waals surface area (Å²) in [6.45, 7) is 1.07. The summed E-state index contributed by atoms with van der Waals surface area (Å²) < 4.78 is 19.4. The number of likely N-dealkylation sites (tertiary alicyclic amines) is 1. The van der Waals surface area contributed by atoms with Gasteiger partial charge in [-0.15, -0.1) is 0 Å². The minimum atomic E-state index is -0.309. The van der Waals surface area contributed by atoms with Crippen LogP contribution in [0, 0.1) is 17.1 Å². The molecule has 1 aromatic heterocycles. The summed E-state index contributed by atoms with van der Waals surface area (Å²) in [6.07, 6.45) is 2.30. The molecule has 0 unspecified atom stereocenters. The third kappa shape index (κ3) is 2.84. The van der Waals surface area contributed by atoms with E-state index in [2.05, 4.69) is 20.1 Å². The lowest BCUT2D eigenvalue weighted by molar-refractivity contribution is 0.107. The smallest absolute Gasteiger partial charge is 0.141 e. The fourth-order valence-electron chi connectivity index (χ4n) is 2.85. The van der Waals surface area contributed by atoms with Gasteiger partial charge in [0.2, 0.25) is 0 Å². The van der Waals surface area contributed by atoms with E-state index in [1.165, 1.54) is 18.5 Å². The van der Waals surface area contributed by atoms with Crippen LogP contribution >= 0.6 is 0 Å². The van der Waals surface area contributed by atoms with Gasteiger partial charge in [0.15, 0.2) is 0 Å². The number of aromatic nitrogens is 3. The number of nitrogens with zero attached hydrogens (tertiary/aromatic N) is 4. The summed E-state index contributed by atoms with van der Waals surface area (Å²) in [5.41, 5.74) is 0.954. The zero-order valence-corrected chi connectivity index (χ0v) is 12.2. The summed E-state index contributed by atoms with van der Waals surface area (Å²) >= 11 is 0. The van der Waals surface area contributed by atoms with Crippen molar-refractivity contribution in [2.45, 2.75) is 25.1 Å². The van der Waals surface area contributed by atoms with E-state index in [1.807, 2.05) is 6.07 Å². The minimum absolute atomic E-state index is 0.00223. The van der Waals surface area contributed by atoms with Crippen molar-refractivity contribution < 1.29 is 9.13 Å². The molecule has 0 saturated carbocycles. The number of ether oxygens (including phenoxy) is 1. The standard InChI is InChI=1S/C15H16FN5O/c1-22-12-5-14(15-18-9-19-20-15)21(8-12)7-11-4-10(6-17)2-3-13(11)16/h2-4,9,12,14H,5,7-8H2,1H3,(H,18,19,20)/t12-,14+/m1/s1. The van der Waals surface area contributed by atoms with E-state index in [0.29, 0.717) is 24.2 Å². The lowest BCUT2D eigenvalue weighted by atomic mass is 10.1. The number of nitriles is 1. The van der Waals surface area contributed by atoms with Crippen molar-refractivity contribution in [1.29, 1.82) is 5.26 Å². The molecule has 0 spiro atoms. The summed E-state index contributed by atoms with van der Waals surface area (Å²) in [6, 6.07) is 6.44. The van der Waals surface area contributed by atoms with Crippen molar-refractivity contribution in [3.63, 3.8) is 0 Å². The molecule has 0 bridgehead atoms. The Morgan fingerprint density at radius 2 is 2.41 bits per heavy atom. The number of methoxy groups -OCH3 is 1. The number of aromatic amines is 1. The lowest BCUT2D eigenvalue weighted by Gasteiger charge is -2.22. The van der Waals surface area contributed by atoms with E-state index in [-0.39, 0.29) is 18.0 Å². The molecule has 1 aromatic carbocycles. The summed E-state index contributed by atoms with van der Waals surface area (Å²) in [5, 5.41) is 15.7. The summed E-state index contributed by atoms with van der Waals surface area (Å²) in [4.78, 5) is 6.30. The molecule has 2 heterocycles. The maximum absolute atomic E-state index is 14.0. The lowest BCUT2D eigenvalue weighted by Crippen LogP contribution is -2.26. The Labute approximate surface area is 127 Å². The van der Waals surface area contributed by atoms with Crippen molar-refractivity contribution in [3.8, 4) is 6.07 Å². The Kier molecular flexibility index (Phi) is 4.13. The Morgan fingerprint density at radius 1 is 1.55 bits per heavy atom. The highest BCUT2D eigenvalue weighted by molar-refractivity contribution is 5.33. The molecule has 6 nitrogen and oxygen atoms in total. The second kappa shape index (κ2) is 6.22. The van der Waals surface area contributed by atoms with Crippen LogP contribution in [-0.2, 0) is 11.3 Å². The van der Waals surface area contributed by atoms with Crippen LogP contribution in [0.4, 0.5) is 4.39 Å². The molecule has 114 valence electrons. The number of benzene rings is 1. The van der Waals surface area contributed by atoms with Crippen LogP contribution in [0.3, 0.4) is 0 Å². The topological polar surface area (TPSA) is 77.8 Å². The molecule has 2 atom stereocenters. The summed E-state index contributed by atoms with van der Waals surface area (Å²) in [7, 11) is 1.67. The predicted molar refractivity (Wildman–Crippen MR) is 76.1 cm³/mol. The first-order valence-corrected chi connectivity index (χ1v) is 7.02. The third-order valence-electron chi connectivity index (χ3n) is 4.00. The van der Waals surface area contributed by atoms with Gasteiger partial charge in [0.1, 0.15) is 18.0 Å². The molecule has 1 aliphatic heterocycles. The Balaban J connectivity index is 1.85. The zero-order valence-electron chi connectivity index (χ0n) is 12.2. The molecule has 22 heavy (non-hydrogen) atoms. The monoisotopic (exact) mass is 301 g/mol. The molecule has 0 aliphatic carbocycles. The SMILES string of the molecule is CO[C@@H]1C[C@@H](c2ncn[nH]2)N(Cc2cc(C#N)ccc2F)C1. The van der Waals surface area contributed by atoms with Crippen LogP contribution in [-0.4, -0.2) is 39.8 Å². The molecule has 1 saturated heterocycles. The van der Waals surface area contributed by atoms with Crippen molar-refractivity contribution in [2.24, 2.45) is 0 Å². The van der Waals surface area contributed by atoms with Gasteiger partial charge in [-0.05, 0) is 24.6 Å². The van der Waals surface area contributed by atoms with Gasteiger partial charge >= 0.3 is 0 Å². The minimum Gasteiger partial charge on any atom is -0.380 e. The van der Waals surface area contributed by atoms with Crippen molar-refractivity contribution >= 4 is 0 Å². The molecule has 7 heteroatoms. The fraction of sp³-hybridized carbons (Fsp3) is 0.400. The first-order valence-electron chi connectivity index (χ1n) is 7.02. The quantitative estimate of drug-likeness (QED) is 0.931. The maximum atomic E-state index is 14.0. The third-order valence-corrected chi connectivity index (χ3v) is 4.00. The number of H-pyrrole nitrogens is 1. The van der Waals surface area contributed by atoms with E-state index in [4.69, 9.17) is 10.00 Å². The molecular formula is C15H16FN5O. The average molecular weight is 301 g/mol. The van der Waals surface area contributed by atoms with Crippen LogP contribution in [0.15, 0.2) is 24.5 Å². The van der Waals surface area contributed by atoms with Gasteiger partial charge in [0.25, 0.3) is 0 Å². The highest BCUT2D eigenvalue weighted by Crippen LogP contribution is 2.32. The predicted octanol–water partition coefficient (Wildman–Crippen LogP) is 1.78. The van der Waals surface area contributed by atoms with Crippen LogP contribution in [0.5, 0.6) is 0 Å². The first-order chi connectivity index (χ1) is 10.7. The Hall–Kier alpha value is -2.30. The van der Waals surface area contributed by atoms with Gasteiger partial charge in [-0.1, -0.05) is 0 Å². The van der Waals surface area contributed by atoms with Gasteiger partial charge in [-0.3, -0.25) is 10.00 Å². The number of halogens is 1. The normalized spacial score (nSPS) is 21.9. The second-order valence-corrected chi connectivity index (χ2v) is 5.33.